The Labute approximate surface area is 440 Å². The van der Waals surface area contributed by atoms with E-state index in [9.17, 15) is 14.4 Å². The molecular formula is C65H114O6. The van der Waals surface area contributed by atoms with Crippen LogP contribution in [0.4, 0.5) is 0 Å². The lowest BCUT2D eigenvalue weighted by Gasteiger charge is -2.18. The number of unbranched alkanes of at least 4 members (excludes halogenated alkanes) is 32. The second-order valence-corrected chi connectivity index (χ2v) is 20.2. The van der Waals surface area contributed by atoms with E-state index in [4.69, 9.17) is 14.2 Å². The summed E-state index contributed by atoms with van der Waals surface area (Å²) in [6, 6.07) is 0. The molecule has 1 unspecified atom stereocenters. The van der Waals surface area contributed by atoms with Crippen LogP contribution in [-0.4, -0.2) is 37.2 Å². The van der Waals surface area contributed by atoms with Gasteiger partial charge in [0.1, 0.15) is 13.2 Å². The number of hydrogen-bond donors (Lipinski definition) is 0. The third-order valence-electron chi connectivity index (χ3n) is 13.2. The average Bonchev–Trinajstić information content (AvgIpc) is 3.37. The zero-order valence-electron chi connectivity index (χ0n) is 47.0. The minimum Gasteiger partial charge on any atom is -0.462 e. The molecule has 0 spiro atoms. The highest BCUT2D eigenvalue weighted by Gasteiger charge is 2.19. The van der Waals surface area contributed by atoms with Crippen LogP contribution in [0.15, 0.2) is 72.9 Å². The Kier molecular flexibility index (Phi) is 56.8. The van der Waals surface area contributed by atoms with E-state index in [0.29, 0.717) is 19.3 Å². The highest BCUT2D eigenvalue weighted by atomic mass is 16.6. The first kappa shape index (κ1) is 67.8. The molecule has 6 nitrogen and oxygen atoms in total. The summed E-state index contributed by atoms with van der Waals surface area (Å²) >= 11 is 0. The van der Waals surface area contributed by atoms with E-state index in [1.165, 1.54) is 161 Å². The standard InChI is InChI=1S/C65H114O6/c1-4-7-10-13-16-19-22-25-26-27-28-29-30-31-32-33-34-35-36-37-38-41-43-46-49-52-55-58-64(67)70-61-62(71-65(68)59-56-53-50-47-44-40-24-21-18-15-12-9-6-3)60-69-63(66)57-54-51-48-45-42-39-23-20-17-14-11-8-5-2/h7,10,16,19,25-26,28-29,31-32,34-35,62H,4-6,8-9,11-15,17-18,20-24,27,30,33,36-61H2,1-3H3/b10-7-,19-16-,26-25-,29-28-,32-31-,35-34-. The molecule has 71 heavy (non-hydrogen) atoms. The lowest BCUT2D eigenvalue weighted by molar-refractivity contribution is -0.167. The molecular weight excluding hydrogens is 877 g/mol. The predicted molar refractivity (Wildman–Crippen MR) is 307 cm³/mol. The Bertz CT molecular complexity index is 1320. The van der Waals surface area contributed by atoms with Gasteiger partial charge in [-0.2, -0.15) is 0 Å². The first-order valence-corrected chi connectivity index (χ1v) is 30.4. The van der Waals surface area contributed by atoms with Crippen LogP contribution in [-0.2, 0) is 28.6 Å². The van der Waals surface area contributed by atoms with Gasteiger partial charge in [-0.25, -0.2) is 0 Å². The first-order chi connectivity index (χ1) is 35.0. The summed E-state index contributed by atoms with van der Waals surface area (Å²) < 4.78 is 16.9. The molecule has 1 atom stereocenters. The molecule has 0 bridgehead atoms. The average molecular weight is 992 g/mol. The van der Waals surface area contributed by atoms with Crippen molar-refractivity contribution in [1.82, 2.24) is 0 Å². The molecule has 0 rings (SSSR count). The highest BCUT2D eigenvalue weighted by molar-refractivity contribution is 5.71. The Morgan fingerprint density at radius 3 is 0.859 bits per heavy atom. The van der Waals surface area contributed by atoms with Crippen molar-refractivity contribution in [1.29, 1.82) is 0 Å². The molecule has 0 amide bonds. The molecule has 0 aromatic carbocycles. The third-order valence-corrected chi connectivity index (χ3v) is 13.2. The maximum atomic E-state index is 12.8. The van der Waals surface area contributed by atoms with E-state index >= 15 is 0 Å². The fourth-order valence-electron chi connectivity index (χ4n) is 8.68. The van der Waals surface area contributed by atoms with Crippen molar-refractivity contribution >= 4 is 17.9 Å². The molecule has 0 saturated heterocycles. The van der Waals surface area contributed by atoms with Crippen LogP contribution in [0, 0.1) is 0 Å². The number of esters is 3. The molecule has 0 aromatic rings. The molecule has 0 N–H and O–H groups in total. The molecule has 0 saturated carbocycles. The Morgan fingerprint density at radius 2 is 0.549 bits per heavy atom. The Balaban J connectivity index is 4.26. The summed E-state index contributed by atoms with van der Waals surface area (Å²) in [5.74, 6) is -0.868. The predicted octanol–water partition coefficient (Wildman–Crippen LogP) is 20.5. The number of allylic oxidation sites excluding steroid dienone is 12. The minimum atomic E-state index is -0.775. The second kappa shape index (κ2) is 59.4. The van der Waals surface area contributed by atoms with Gasteiger partial charge in [0, 0.05) is 19.3 Å². The van der Waals surface area contributed by atoms with Crippen LogP contribution in [0.25, 0.3) is 0 Å². The quantitative estimate of drug-likeness (QED) is 0.0261. The molecule has 0 aliphatic rings. The van der Waals surface area contributed by atoms with Crippen LogP contribution >= 0.6 is 0 Å². The minimum absolute atomic E-state index is 0.0731. The SMILES string of the molecule is CC/C=C\C/C=C\C/C=C\C/C=C\C/C=C\C/C=C\CCCCCCCCCCC(=O)OCC(COC(=O)CCCCCCCCCCCCCCC)OC(=O)CCCCCCCCCCCCCCC. The zero-order valence-corrected chi connectivity index (χ0v) is 47.0. The van der Waals surface area contributed by atoms with E-state index in [0.717, 1.165) is 103 Å². The van der Waals surface area contributed by atoms with Crippen LogP contribution < -0.4 is 0 Å². The number of hydrogen-bond acceptors (Lipinski definition) is 6. The van der Waals surface area contributed by atoms with Crippen molar-refractivity contribution in [3.05, 3.63) is 72.9 Å². The van der Waals surface area contributed by atoms with Gasteiger partial charge >= 0.3 is 17.9 Å². The molecule has 0 aliphatic heterocycles. The molecule has 0 aliphatic carbocycles. The van der Waals surface area contributed by atoms with Crippen LogP contribution in [0.3, 0.4) is 0 Å². The normalized spacial score (nSPS) is 12.5. The largest absolute Gasteiger partial charge is 0.462 e. The maximum Gasteiger partial charge on any atom is 0.306 e. The fraction of sp³-hybridized carbons (Fsp3) is 0.769. The van der Waals surface area contributed by atoms with Crippen molar-refractivity contribution in [2.45, 2.75) is 309 Å². The summed E-state index contributed by atoms with van der Waals surface area (Å²) in [5, 5.41) is 0. The number of rotatable bonds is 55. The van der Waals surface area contributed by atoms with E-state index in [1.54, 1.807) is 0 Å². The van der Waals surface area contributed by atoms with Gasteiger partial charge in [0.2, 0.25) is 0 Å². The lowest BCUT2D eigenvalue weighted by atomic mass is 10.0. The molecule has 6 heteroatoms. The van der Waals surface area contributed by atoms with E-state index in [-0.39, 0.29) is 31.1 Å². The first-order valence-electron chi connectivity index (χ1n) is 30.4. The van der Waals surface area contributed by atoms with Gasteiger partial charge in [0.05, 0.1) is 0 Å². The van der Waals surface area contributed by atoms with E-state index in [1.807, 2.05) is 0 Å². The number of ether oxygens (including phenoxy) is 3. The van der Waals surface area contributed by atoms with Crippen LogP contribution in [0.1, 0.15) is 303 Å². The highest BCUT2D eigenvalue weighted by Crippen LogP contribution is 2.16. The van der Waals surface area contributed by atoms with Crippen molar-refractivity contribution < 1.29 is 28.6 Å². The van der Waals surface area contributed by atoms with Crippen molar-refractivity contribution in [2.24, 2.45) is 0 Å². The topological polar surface area (TPSA) is 78.9 Å². The van der Waals surface area contributed by atoms with Gasteiger partial charge in [0.15, 0.2) is 6.10 Å². The van der Waals surface area contributed by atoms with Gasteiger partial charge in [-0.05, 0) is 70.6 Å². The molecule has 0 heterocycles. The summed E-state index contributed by atoms with van der Waals surface area (Å²) in [4.78, 5) is 38.2. The van der Waals surface area contributed by atoms with Gasteiger partial charge < -0.3 is 14.2 Å². The second-order valence-electron chi connectivity index (χ2n) is 20.2. The van der Waals surface area contributed by atoms with Gasteiger partial charge in [-0.15, -0.1) is 0 Å². The van der Waals surface area contributed by atoms with Gasteiger partial charge in [-0.1, -0.05) is 286 Å². The van der Waals surface area contributed by atoms with Crippen molar-refractivity contribution in [2.75, 3.05) is 13.2 Å². The Hall–Kier alpha value is -3.15. The lowest BCUT2D eigenvalue weighted by Crippen LogP contribution is -2.30. The molecule has 0 fully saturated rings. The Morgan fingerprint density at radius 1 is 0.296 bits per heavy atom. The van der Waals surface area contributed by atoms with Crippen molar-refractivity contribution in [3.63, 3.8) is 0 Å². The third kappa shape index (κ3) is 57.6. The summed E-state index contributed by atoms with van der Waals surface area (Å²) in [7, 11) is 0. The maximum absolute atomic E-state index is 12.8. The number of carbonyl (C=O) groups excluding carboxylic acids is 3. The smallest absolute Gasteiger partial charge is 0.306 e. The fourth-order valence-corrected chi connectivity index (χ4v) is 8.68. The molecule has 410 valence electrons. The summed E-state index contributed by atoms with van der Waals surface area (Å²) in [6.45, 7) is 6.55. The van der Waals surface area contributed by atoms with Gasteiger partial charge in [-0.3, -0.25) is 14.4 Å². The number of carbonyl (C=O) groups is 3. The van der Waals surface area contributed by atoms with Crippen LogP contribution in [0.2, 0.25) is 0 Å². The molecule has 0 aromatic heterocycles. The van der Waals surface area contributed by atoms with E-state index < -0.39 is 6.10 Å². The molecule has 0 radical (unpaired) electrons. The monoisotopic (exact) mass is 991 g/mol. The zero-order chi connectivity index (χ0) is 51.4. The van der Waals surface area contributed by atoms with Gasteiger partial charge in [0.25, 0.3) is 0 Å². The van der Waals surface area contributed by atoms with Crippen LogP contribution in [0.5, 0.6) is 0 Å². The summed E-state index contributed by atoms with van der Waals surface area (Å²) in [6.07, 6.45) is 76.1. The van der Waals surface area contributed by atoms with Crippen molar-refractivity contribution in [3.8, 4) is 0 Å². The van der Waals surface area contributed by atoms with E-state index in [2.05, 4.69) is 93.7 Å². The summed E-state index contributed by atoms with van der Waals surface area (Å²) in [5.41, 5.74) is 0.